The van der Waals surface area contributed by atoms with Gasteiger partial charge in [-0.25, -0.2) is 0 Å². The second-order valence-electron chi connectivity index (χ2n) is 7.96. The fourth-order valence-corrected chi connectivity index (χ4v) is 4.00. The Bertz CT molecular complexity index is 1170. The van der Waals surface area contributed by atoms with E-state index < -0.39 is 0 Å². The van der Waals surface area contributed by atoms with Crippen molar-refractivity contribution < 1.29 is 33.0 Å². The van der Waals surface area contributed by atoms with Crippen LogP contribution in [0.25, 0.3) is 11.4 Å². The number of rotatable bonds is 10. The van der Waals surface area contributed by atoms with Crippen molar-refractivity contribution in [1.29, 1.82) is 0 Å². The van der Waals surface area contributed by atoms with Crippen molar-refractivity contribution in [3.05, 3.63) is 36.2 Å². The highest BCUT2D eigenvalue weighted by molar-refractivity contribution is 5.97. The van der Waals surface area contributed by atoms with E-state index in [1.807, 2.05) is 25.1 Å². The van der Waals surface area contributed by atoms with Crippen LogP contribution >= 0.6 is 0 Å². The Morgan fingerprint density at radius 1 is 0.971 bits per heavy atom. The highest BCUT2D eigenvalue weighted by Crippen LogP contribution is 2.43. The first kappa shape index (κ1) is 24.2. The molecular formula is C25H29N3O7. The van der Waals surface area contributed by atoms with Gasteiger partial charge in [0.05, 0.1) is 46.7 Å². The molecular weight excluding hydrogens is 454 g/mol. The molecule has 1 unspecified atom stereocenters. The highest BCUT2D eigenvalue weighted by atomic mass is 16.5. The Labute approximate surface area is 203 Å². The van der Waals surface area contributed by atoms with E-state index in [9.17, 15) is 4.79 Å². The number of hydrogen-bond donors (Lipinski definition) is 0. The smallest absolute Gasteiger partial charge is 0.232 e. The maximum atomic E-state index is 12.9. The molecule has 0 bridgehead atoms. The molecule has 1 saturated heterocycles. The SMILES string of the molecule is CCCOc1ccc(-c2noc(C3CC(=O)N(c4cc(OC)c(OC)c(OC)c4)C3)n2)cc1OC. The first-order valence-corrected chi connectivity index (χ1v) is 11.3. The van der Waals surface area contributed by atoms with Crippen molar-refractivity contribution in [3.8, 4) is 40.1 Å². The van der Waals surface area contributed by atoms with Crippen LogP contribution in [0.3, 0.4) is 0 Å². The fourth-order valence-electron chi connectivity index (χ4n) is 4.00. The minimum Gasteiger partial charge on any atom is -0.493 e. The maximum absolute atomic E-state index is 12.9. The minimum atomic E-state index is -0.253. The standard InChI is InChI=1S/C25H29N3O7/c1-6-9-34-18-8-7-15(10-19(18)30-2)24-26-25(35-27-24)16-11-22(29)28(14-16)17-12-20(31-3)23(33-5)21(13-17)32-4/h7-8,10,12-13,16H,6,9,11,14H2,1-5H3. The molecule has 1 aliphatic rings. The average molecular weight is 484 g/mol. The van der Waals surface area contributed by atoms with Gasteiger partial charge in [-0.2, -0.15) is 4.98 Å². The van der Waals surface area contributed by atoms with Crippen molar-refractivity contribution >= 4 is 11.6 Å². The summed E-state index contributed by atoms with van der Waals surface area (Å²) in [4.78, 5) is 19.1. The zero-order chi connectivity index (χ0) is 24.9. The van der Waals surface area contributed by atoms with E-state index in [1.165, 1.54) is 21.3 Å². The minimum absolute atomic E-state index is 0.0666. The largest absolute Gasteiger partial charge is 0.493 e. The van der Waals surface area contributed by atoms with Gasteiger partial charge in [0, 0.05) is 30.7 Å². The van der Waals surface area contributed by atoms with E-state index in [2.05, 4.69) is 10.1 Å². The quantitative estimate of drug-likeness (QED) is 0.422. The number of aromatic nitrogens is 2. The third kappa shape index (κ3) is 4.82. The van der Waals surface area contributed by atoms with Crippen LogP contribution in [0.4, 0.5) is 5.69 Å². The second kappa shape index (κ2) is 10.5. The molecule has 2 aromatic carbocycles. The lowest BCUT2D eigenvalue weighted by Crippen LogP contribution is -2.24. The third-order valence-electron chi connectivity index (χ3n) is 5.76. The molecule has 3 aromatic rings. The van der Waals surface area contributed by atoms with Crippen LogP contribution in [0, 0.1) is 0 Å². The maximum Gasteiger partial charge on any atom is 0.232 e. The molecule has 0 N–H and O–H groups in total. The first-order valence-electron chi connectivity index (χ1n) is 11.3. The summed E-state index contributed by atoms with van der Waals surface area (Å²) in [6, 6.07) is 8.97. The fraction of sp³-hybridized carbons (Fsp3) is 0.400. The van der Waals surface area contributed by atoms with Crippen molar-refractivity contribution in [2.24, 2.45) is 0 Å². The van der Waals surface area contributed by atoms with Gasteiger partial charge in [0.2, 0.25) is 23.4 Å². The predicted molar refractivity (Wildman–Crippen MR) is 128 cm³/mol. The number of methoxy groups -OCH3 is 4. The molecule has 1 atom stereocenters. The number of benzene rings is 2. The van der Waals surface area contributed by atoms with E-state index in [0.29, 0.717) is 59.3 Å². The normalized spacial score (nSPS) is 15.3. The number of anilines is 1. The zero-order valence-electron chi connectivity index (χ0n) is 20.5. The lowest BCUT2D eigenvalue weighted by molar-refractivity contribution is -0.117. The van der Waals surface area contributed by atoms with Gasteiger partial charge < -0.3 is 33.1 Å². The summed E-state index contributed by atoms with van der Waals surface area (Å²) in [5, 5.41) is 4.13. The van der Waals surface area contributed by atoms with Crippen LogP contribution in [0.15, 0.2) is 34.9 Å². The summed E-state index contributed by atoms with van der Waals surface area (Å²) in [6.07, 6.45) is 1.14. The van der Waals surface area contributed by atoms with E-state index in [4.69, 9.17) is 28.2 Å². The molecule has 10 heteroatoms. The molecule has 35 heavy (non-hydrogen) atoms. The number of ether oxygens (including phenoxy) is 5. The molecule has 0 saturated carbocycles. The molecule has 0 radical (unpaired) electrons. The lowest BCUT2D eigenvalue weighted by atomic mass is 10.1. The third-order valence-corrected chi connectivity index (χ3v) is 5.76. The van der Waals surface area contributed by atoms with Gasteiger partial charge in [0.15, 0.2) is 23.0 Å². The van der Waals surface area contributed by atoms with Crippen molar-refractivity contribution in [2.75, 3.05) is 46.5 Å². The molecule has 1 amide bonds. The molecule has 0 aliphatic carbocycles. The molecule has 0 spiro atoms. The zero-order valence-corrected chi connectivity index (χ0v) is 20.5. The van der Waals surface area contributed by atoms with Crippen LogP contribution in [0.5, 0.6) is 28.7 Å². The molecule has 4 rings (SSSR count). The van der Waals surface area contributed by atoms with Crippen molar-refractivity contribution in [2.45, 2.75) is 25.7 Å². The molecule has 1 fully saturated rings. The summed E-state index contributed by atoms with van der Waals surface area (Å²) >= 11 is 0. The van der Waals surface area contributed by atoms with Gasteiger partial charge in [0.25, 0.3) is 0 Å². The number of nitrogens with zero attached hydrogens (tertiary/aromatic N) is 3. The summed E-state index contributed by atoms with van der Waals surface area (Å²) in [5.41, 5.74) is 1.37. The Balaban J connectivity index is 1.55. The average Bonchev–Trinajstić information content (AvgIpc) is 3.53. The summed E-state index contributed by atoms with van der Waals surface area (Å²) in [6.45, 7) is 3.02. The molecule has 186 valence electrons. The molecule has 10 nitrogen and oxygen atoms in total. The van der Waals surface area contributed by atoms with Crippen LogP contribution in [0.1, 0.15) is 31.6 Å². The van der Waals surface area contributed by atoms with Gasteiger partial charge in [0.1, 0.15) is 0 Å². The molecule has 2 heterocycles. The monoisotopic (exact) mass is 483 g/mol. The van der Waals surface area contributed by atoms with Gasteiger partial charge >= 0.3 is 0 Å². The number of hydrogen-bond acceptors (Lipinski definition) is 9. The van der Waals surface area contributed by atoms with E-state index in [-0.39, 0.29) is 18.2 Å². The highest BCUT2D eigenvalue weighted by Gasteiger charge is 2.36. The van der Waals surface area contributed by atoms with E-state index in [1.54, 1.807) is 24.1 Å². The van der Waals surface area contributed by atoms with Gasteiger partial charge in [-0.15, -0.1) is 0 Å². The number of carbonyl (C=O) groups is 1. The van der Waals surface area contributed by atoms with Crippen LogP contribution in [0.2, 0.25) is 0 Å². The first-order chi connectivity index (χ1) is 17.0. The number of carbonyl (C=O) groups excluding carboxylic acids is 1. The summed E-state index contributed by atoms with van der Waals surface area (Å²) in [7, 11) is 6.19. The van der Waals surface area contributed by atoms with E-state index in [0.717, 1.165) is 12.0 Å². The van der Waals surface area contributed by atoms with Crippen molar-refractivity contribution in [1.82, 2.24) is 10.1 Å². The van der Waals surface area contributed by atoms with Crippen molar-refractivity contribution in [3.63, 3.8) is 0 Å². The topological polar surface area (TPSA) is 105 Å². The Kier molecular flexibility index (Phi) is 7.28. The number of amides is 1. The summed E-state index contributed by atoms with van der Waals surface area (Å²) < 4.78 is 32.9. The summed E-state index contributed by atoms with van der Waals surface area (Å²) in [5.74, 6) is 3.14. The van der Waals surface area contributed by atoms with E-state index >= 15 is 0 Å². The Morgan fingerprint density at radius 3 is 2.31 bits per heavy atom. The van der Waals surface area contributed by atoms with Crippen LogP contribution < -0.4 is 28.6 Å². The van der Waals surface area contributed by atoms with Gasteiger partial charge in [-0.3, -0.25) is 4.79 Å². The second-order valence-corrected chi connectivity index (χ2v) is 7.96. The van der Waals surface area contributed by atoms with Gasteiger partial charge in [-0.1, -0.05) is 12.1 Å². The van der Waals surface area contributed by atoms with Gasteiger partial charge in [-0.05, 0) is 24.6 Å². The molecule has 1 aromatic heterocycles. The van der Waals surface area contributed by atoms with Crippen LogP contribution in [-0.2, 0) is 4.79 Å². The lowest BCUT2D eigenvalue weighted by Gasteiger charge is -2.20. The Morgan fingerprint density at radius 2 is 1.69 bits per heavy atom. The Hall–Kier alpha value is -3.95. The van der Waals surface area contributed by atoms with Crippen LogP contribution in [-0.4, -0.2) is 57.6 Å². The molecule has 1 aliphatic heterocycles. The predicted octanol–water partition coefficient (Wildman–Crippen LogP) is 4.08.